The molecule has 0 bridgehead atoms. The fourth-order valence-electron chi connectivity index (χ4n) is 4.74. The van der Waals surface area contributed by atoms with Crippen LogP contribution in [0.1, 0.15) is 50.0 Å². The number of halogens is 1. The van der Waals surface area contributed by atoms with Crippen LogP contribution >= 0.6 is 11.6 Å². The minimum absolute atomic E-state index is 0.311. The van der Waals surface area contributed by atoms with Crippen LogP contribution in [-0.4, -0.2) is 37.8 Å². The number of carbonyl (C=O) groups is 3. The Bertz CT molecular complexity index is 1360. The molecule has 2 unspecified atom stereocenters. The average molecular weight is 540 g/mol. The van der Waals surface area contributed by atoms with Crippen molar-refractivity contribution in [2.75, 3.05) is 10.6 Å². The zero-order valence-electron chi connectivity index (χ0n) is 21.4. The maximum Gasteiger partial charge on any atom is 0.413 e. The summed E-state index contributed by atoms with van der Waals surface area (Å²) in [6.07, 6.45) is 3.01. The number of rotatable bonds is 7. The molecule has 4 rings (SSSR count). The summed E-state index contributed by atoms with van der Waals surface area (Å²) in [6, 6.07) is 10.6. The van der Waals surface area contributed by atoms with Gasteiger partial charge in [-0.25, -0.2) is 4.79 Å². The number of aromatic nitrogens is 3. The number of nitrogens with zero attached hydrogens (tertiary/aromatic N) is 3. The van der Waals surface area contributed by atoms with Gasteiger partial charge in [0.15, 0.2) is 0 Å². The molecule has 2 amide bonds. The number of aliphatic carboxylic acids is 1. The Kier molecular flexibility index (Phi) is 8.31. The lowest BCUT2D eigenvalue weighted by atomic mass is 9.78. The summed E-state index contributed by atoms with van der Waals surface area (Å²) < 4.78 is 7.02. The monoisotopic (exact) mass is 539 g/mol. The van der Waals surface area contributed by atoms with E-state index < -0.39 is 30.0 Å². The van der Waals surface area contributed by atoms with E-state index in [1.54, 1.807) is 57.4 Å². The lowest BCUT2D eigenvalue weighted by Crippen LogP contribution is -2.36. The molecule has 1 aliphatic rings. The van der Waals surface area contributed by atoms with E-state index in [1.165, 1.54) is 4.68 Å². The minimum atomic E-state index is -0.938. The van der Waals surface area contributed by atoms with Crippen LogP contribution in [0.4, 0.5) is 16.3 Å². The number of carboxylic acid groups (broad SMARTS) is 1. The normalized spacial score (nSPS) is 17.9. The first-order chi connectivity index (χ1) is 18.2. The molecule has 1 saturated carbocycles. The molecule has 38 heavy (non-hydrogen) atoms. The second-order valence-electron chi connectivity index (χ2n) is 9.38. The fraction of sp³-hybridized carbons (Fsp3) is 0.370. The van der Waals surface area contributed by atoms with Crippen LogP contribution in [0.15, 0.2) is 42.6 Å². The third-order valence-corrected chi connectivity index (χ3v) is 7.17. The number of hydrogen-bond donors (Lipinski definition) is 3. The molecule has 0 aliphatic heterocycles. The number of carboxylic acids is 1. The van der Waals surface area contributed by atoms with Gasteiger partial charge >= 0.3 is 12.1 Å². The standard InChI is InChI=1S/C27H30ClN5O5/c1-15-22(31-25(34)18-9-4-5-10-19(18)26(35)36)12-13-23(30-15)20-14-29-33(3)24(20)32-27(37)38-16(2)17-8-6-7-11-21(17)28/h6-8,11-14,16,18-19H,4-5,9-10H2,1-3H3,(H,31,34)(H,32,37)(H,35,36)/t16-,18?,19?/m1/s1. The van der Waals surface area contributed by atoms with Crippen molar-refractivity contribution in [1.29, 1.82) is 0 Å². The summed E-state index contributed by atoms with van der Waals surface area (Å²) in [5.41, 5.74) is 2.83. The van der Waals surface area contributed by atoms with Gasteiger partial charge in [-0.15, -0.1) is 0 Å². The first-order valence-corrected chi connectivity index (χ1v) is 12.8. The van der Waals surface area contributed by atoms with E-state index in [2.05, 4.69) is 20.7 Å². The summed E-state index contributed by atoms with van der Waals surface area (Å²) >= 11 is 6.21. The summed E-state index contributed by atoms with van der Waals surface area (Å²) in [4.78, 5) is 41.8. The maximum absolute atomic E-state index is 12.9. The lowest BCUT2D eigenvalue weighted by Gasteiger charge is -2.27. The number of carbonyl (C=O) groups excluding carboxylic acids is 2. The van der Waals surface area contributed by atoms with E-state index in [0.717, 1.165) is 12.8 Å². The average Bonchev–Trinajstić information content (AvgIpc) is 3.24. The van der Waals surface area contributed by atoms with E-state index in [1.807, 2.05) is 6.07 Å². The highest BCUT2D eigenvalue weighted by Gasteiger charge is 2.36. The van der Waals surface area contributed by atoms with Gasteiger partial charge in [0.1, 0.15) is 11.9 Å². The zero-order valence-corrected chi connectivity index (χ0v) is 22.2. The highest BCUT2D eigenvalue weighted by Crippen LogP contribution is 2.33. The number of ether oxygens (including phenoxy) is 1. The van der Waals surface area contributed by atoms with Crippen LogP contribution in [0.25, 0.3) is 11.3 Å². The van der Waals surface area contributed by atoms with Crippen molar-refractivity contribution in [2.24, 2.45) is 18.9 Å². The third kappa shape index (κ3) is 5.96. The largest absolute Gasteiger partial charge is 0.481 e. The van der Waals surface area contributed by atoms with E-state index in [4.69, 9.17) is 16.3 Å². The molecular weight excluding hydrogens is 510 g/mol. The van der Waals surface area contributed by atoms with Gasteiger partial charge in [0.05, 0.1) is 40.7 Å². The number of pyridine rings is 1. The van der Waals surface area contributed by atoms with Crippen LogP contribution in [0.2, 0.25) is 5.02 Å². The summed E-state index contributed by atoms with van der Waals surface area (Å²) in [5, 5.41) is 19.8. The Morgan fingerprint density at radius 2 is 1.82 bits per heavy atom. The van der Waals surface area contributed by atoms with E-state index in [-0.39, 0.29) is 5.91 Å². The molecule has 3 atom stereocenters. The van der Waals surface area contributed by atoms with Crippen molar-refractivity contribution >= 4 is 41.1 Å². The van der Waals surface area contributed by atoms with Gasteiger partial charge in [0.25, 0.3) is 0 Å². The second-order valence-corrected chi connectivity index (χ2v) is 9.79. The van der Waals surface area contributed by atoms with Crippen LogP contribution in [-0.2, 0) is 21.4 Å². The third-order valence-electron chi connectivity index (χ3n) is 6.83. The van der Waals surface area contributed by atoms with Crippen LogP contribution in [0.5, 0.6) is 0 Å². The number of amides is 2. The molecule has 11 heteroatoms. The molecular formula is C27H30ClN5O5. The van der Waals surface area contributed by atoms with Crippen molar-refractivity contribution in [1.82, 2.24) is 14.8 Å². The van der Waals surface area contributed by atoms with Crippen molar-refractivity contribution in [3.63, 3.8) is 0 Å². The molecule has 0 spiro atoms. The maximum atomic E-state index is 12.9. The zero-order chi connectivity index (χ0) is 27.4. The van der Waals surface area contributed by atoms with Gasteiger partial charge in [-0.1, -0.05) is 42.6 Å². The second kappa shape index (κ2) is 11.6. The highest BCUT2D eigenvalue weighted by atomic mass is 35.5. The van der Waals surface area contributed by atoms with Gasteiger partial charge in [0.2, 0.25) is 5.91 Å². The van der Waals surface area contributed by atoms with Gasteiger partial charge in [-0.2, -0.15) is 5.10 Å². The molecule has 0 saturated heterocycles. The summed E-state index contributed by atoms with van der Waals surface area (Å²) in [7, 11) is 1.68. The predicted octanol–water partition coefficient (Wildman–Crippen LogP) is 5.58. The molecule has 2 aromatic heterocycles. The Balaban J connectivity index is 1.47. The SMILES string of the molecule is Cc1nc(-c2cnn(C)c2NC(=O)O[C@H](C)c2ccccc2Cl)ccc1NC(=O)C1CCCCC1C(=O)O. The minimum Gasteiger partial charge on any atom is -0.481 e. The Morgan fingerprint density at radius 3 is 2.50 bits per heavy atom. The highest BCUT2D eigenvalue weighted by molar-refractivity contribution is 6.31. The van der Waals surface area contributed by atoms with Crippen LogP contribution in [0, 0.1) is 18.8 Å². The molecule has 3 N–H and O–H groups in total. The number of anilines is 2. The quantitative estimate of drug-likeness (QED) is 0.356. The van der Waals surface area contributed by atoms with Crippen LogP contribution < -0.4 is 10.6 Å². The van der Waals surface area contributed by atoms with E-state index in [9.17, 15) is 19.5 Å². The molecule has 1 aliphatic carbocycles. The fourth-order valence-corrected chi connectivity index (χ4v) is 5.03. The van der Waals surface area contributed by atoms with E-state index >= 15 is 0 Å². The smallest absolute Gasteiger partial charge is 0.413 e. The molecule has 1 fully saturated rings. The summed E-state index contributed by atoms with van der Waals surface area (Å²) in [5.74, 6) is -2.12. The Labute approximate surface area is 225 Å². The molecule has 3 aromatic rings. The lowest BCUT2D eigenvalue weighted by molar-refractivity contribution is -0.147. The van der Waals surface area contributed by atoms with Gasteiger partial charge in [-0.05, 0) is 44.9 Å². The molecule has 200 valence electrons. The van der Waals surface area contributed by atoms with Crippen molar-refractivity contribution in [2.45, 2.75) is 45.6 Å². The van der Waals surface area contributed by atoms with Gasteiger partial charge in [-0.3, -0.25) is 24.6 Å². The number of aryl methyl sites for hydroxylation is 2. The summed E-state index contributed by atoms with van der Waals surface area (Å²) in [6.45, 7) is 3.48. The van der Waals surface area contributed by atoms with Crippen molar-refractivity contribution < 1.29 is 24.2 Å². The number of nitrogens with one attached hydrogen (secondary N) is 2. The molecule has 10 nitrogen and oxygen atoms in total. The predicted molar refractivity (Wildman–Crippen MR) is 143 cm³/mol. The molecule has 0 radical (unpaired) electrons. The van der Waals surface area contributed by atoms with Gasteiger partial charge < -0.3 is 15.2 Å². The first-order valence-electron chi connectivity index (χ1n) is 12.4. The first kappa shape index (κ1) is 27.1. The van der Waals surface area contributed by atoms with Crippen molar-refractivity contribution in [3.8, 4) is 11.3 Å². The number of hydrogen-bond acceptors (Lipinski definition) is 6. The topological polar surface area (TPSA) is 135 Å². The molecule has 1 aromatic carbocycles. The van der Waals surface area contributed by atoms with E-state index in [0.29, 0.717) is 51.9 Å². The number of benzene rings is 1. The van der Waals surface area contributed by atoms with Crippen molar-refractivity contribution in [3.05, 3.63) is 58.9 Å². The Morgan fingerprint density at radius 1 is 1.11 bits per heavy atom. The van der Waals surface area contributed by atoms with Crippen LogP contribution in [0.3, 0.4) is 0 Å². The van der Waals surface area contributed by atoms with Gasteiger partial charge in [0, 0.05) is 17.6 Å². The molecule has 2 heterocycles. The Hall–Kier alpha value is -3.92.